The van der Waals surface area contributed by atoms with Crippen molar-refractivity contribution >= 4 is 33.0 Å². The van der Waals surface area contributed by atoms with Crippen LogP contribution >= 0.6 is 11.3 Å². The Morgan fingerprint density at radius 3 is 2.56 bits per heavy atom. The van der Waals surface area contributed by atoms with Crippen LogP contribution in [0.25, 0.3) is 0 Å². The largest absolute Gasteiger partial charge is 0.495 e. The van der Waals surface area contributed by atoms with Crippen LogP contribution < -0.4 is 9.46 Å². The van der Waals surface area contributed by atoms with Crippen molar-refractivity contribution in [2.75, 3.05) is 11.8 Å². The SMILES string of the molecule is COc1ccccc1NS(=O)(=O)c1cccc(C(=O)N(Cc2ccco2)Cc2ccc(C)s2)c1. The van der Waals surface area contributed by atoms with Crippen molar-refractivity contribution < 1.29 is 22.4 Å². The number of hydrogen-bond acceptors (Lipinski definition) is 6. The van der Waals surface area contributed by atoms with Crippen molar-refractivity contribution in [2.24, 2.45) is 0 Å². The molecule has 2 heterocycles. The van der Waals surface area contributed by atoms with Crippen LogP contribution in [-0.2, 0) is 23.1 Å². The maximum Gasteiger partial charge on any atom is 0.262 e. The fourth-order valence-corrected chi connectivity index (χ4v) is 5.48. The Hall–Kier alpha value is -3.56. The van der Waals surface area contributed by atoms with Crippen LogP contribution in [0.15, 0.2) is 88.4 Å². The molecule has 0 atom stereocenters. The zero-order valence-electron chi connectivity index (χ0n) is 18.7. The van der Waals surface area contributed by atoms with Gasteiger partial charge in [-0.1, -0.05) is 18.2 Å². The summed E-state index contributed by atoms with van der Waals surface area (Å²) in [5, 5.41) is 0. The van der Waals surface area contributed by atoms with E-state index in [1.165, 1.54) is 19.2 Å². The highest BCUT2D eigenvalue weighted by Gasteiger charge is 2.22. The molecule has 4 rings (SSSR count). The molecule has 0 saturated carbocycles. The number of nitrogens with zero attached hydrogens (tertiary/aromatic N) is 1. The van der Waals surface area contributed by atoms with Gasteiger partial charge in [-0.15, -0.1) is 11.3 Å². The summed E-state index contributed by atoms with van der Waals surface area (Å²) in [6, 6.07) is 20.3. The summed E-state index contributed by atoms with van der Waals surface area (Å²) >= 11 is 1.61. The summed E-state index contributed by atoms with van der Waals surface area (Å²) in [7, 11) is -2.48. The molecule has 0 aliphatic carbocycles. The van der Waals surface area contributed by atoms with Crippen LogP contribution in [0.4, 0.5) is 5.69 Å². The second-order valence-electron chi connectivity index (χ2n) is 7.59. The van der Waals surface area contributed by atoms with E-state index in [0.717, 1.165) is 9.75 Å². The number of thiophene rings is 1. The van der Waals surface area contributed by atoms with Gasteiger partial charge in [0.05, 0.1) is 37.0 Å². The molecule has 176 valence electrons. The standard InChI is InChI=1S/C25H24N2O5S2/c1-18-12-13-21(33-18)17-27(16-20-8-6-14-32-20)25(28)19-7-5-9-22(15-19)34(29,30)26-23-10-3-4-11-24(23)31-2/h3-15,26H,16-17H2,1-2H3. The monoisotopic (exact) mass is 496 g/mol. The van der Waals surface area contributed by atoms with Crippen molar-refractivity contribution in [3.8, 4) is 5.75 Å². The Balaban J connectivity index is 1.61. The van der Waals surface area contributed by atoms with E-state index in [4.69, 9.17) is 9.15 Å². The smallest absolute Gasteiger partial charge is 0.262 e. The zero-order chi connectivity index (χ0) is 24.1. The Morgan fingerprint density at radius 1 is 1.03 bits per heavy atom. The molecule has 1 N–H and O–H groups in total. The number of hydrogen-bond donors (Lipinski definition) is 1. The molecule has 1 amide bonds. The number of methoxy groups -OCH3 is 1. The lowest BCUT2D eigenvalue weighted by molar-refractivity contribution is 0.0719. The third kappa shape index (κ3) is 5.49. The number of benzene rings is 2. The quantitative estimate of drug-likeness (QED) is 0.340. The fraction of sp³-hybridized carbons (Fsp3) is 0.160. The first-order valence-electron chi connectivity index (χ1n) is 10.5. The van der Waals surface area contributed by atoms with E-state index in [1.807, 2.05) is 19.1 Å². The highest BCUT2D eigenvalue weighted by molar-refractivity contribution is 7.92. The Kier molecular flexibility index (Phi) is 7.04. The molecule has 9 heteroatoms. The first kappa shape index (κ1) is 23.6. The van der Waals surface area contributed by atoms with Gasteiger partial charge in [-0.05, 0) is 61.5 Å². The molecule has 0 fully saturated rings. The molecule has 0 saturated heterocycles. The van der Waals surface area contributed by atoms with E-state index in [-0.39, 0.29) is 22.9 Å². The lowest BCUT2D eigenvalue weighted by Gasteiger charge is -2.21. The van der Waals surface area contributed by atoms with Crippen molar-refractivity contribution in [1.82, 2.24) is 4.90 Å². The van der Waals surface area contributed by atoms with E-state index < -0.39 is 10.0 Å². The maximum absolute atomic E-state index is 13.5. The van der Waals surface area contributed by atoms with Gasteiger partial charge in [0.15, 0.2) is 0 Å². The molecular formula is C25H24N2O5S2. The third-order valence-corrected chi connectivity index (χ3v) is 7.45. The average Bonchev–Trinajstić information content (AvgIpc) is 3.50. The van der Waals surface area contributed by atoms with Gasteiger partial charge in [0.1, 0.15) is 11.5 Å². The Morgan fingerprint density at radius 2 is 1.85 bits per heavy atom. The zero-order valence-corrected chi connectivity index (χ0v) is 20.4. The summed E-state index contributed by atoms with van der Waals surface area (Å²) in [5.41, 5.74) is 0.581. The molecule has 0 radical (unpaired) electrons. The van der Waals surface area contributed by atoms with Gasteiger partial charge in [0.2, 0.25) is 0 Å². The molecule has 0 bridgehead atoms. The molecule has 0 aliphatic heterocycles. The molecule has 7 nitrogen and oxygen atoms in total. The predicted molar refractivity (Wildman–Crippen MR) is 132 cm³/mol. The van der Waals surface area contributed by atoms with E-state index >= 15 is 0 Å². The maximum atomic E-state index is 13.5. The van der Waals surface area contributed by atoms with Gasteiger partial charge < -0.3 is 14.1 Å². The second-order valence-corrected chi connectivity index (χ2v) is 10.6. The van der Waals surface area contributed by atoms with Gasteiger partial charge in [-0.3, -0.25) is 9.52 Å². The molecule has 2 aromatic heterocycles. The van der Waals surface area contributed by atoms with E-state index in [1.54, 1.807) is 71.0 Å². The van der Waals surface area contributed by atoms with Crippen LogP contribution in [0, 0.1) is 6.92 Å². The number of furan rings is 1. The van der Waals surface area contributed by atoms with E-state index in [9.17, 15) is 13.2 Å². The third-order valence-electron chi connectivity index (χ3n) is 5.10. The molecule has 34 heavy (non-hydrogen) atoms. The van der Waals surface area contributed by atoms with Crippen LogP contribution in [0.1, 0.15) is 25.9 Å². The van der Waals surface area contributed by atoms with Crippen LogP contribution in [0.5, 0.6) is 5.75 Å². The molecule has 0 aliphatic rings. The molecule has 0 spiro atoms. The first-order valence-corrected chi connectivity index (χ1v) is 12.8. The lowest BCUT2D eigenvalue weighted by Crippen LogP contribution is -2.30. The van der Waals surface area contributed by atoms with Gasteiger partial charge in [-0.2, -0.15) is 0 Å². The Labute approximate surface area is 202 Å². The summed E-state index contributed by atoms with van der Waals surface area (Å²) in [5.74, 6) is 0.745. The number of para-hydroxylation sites is 2. The van der Waals surface area contributed by atoms with Crippen molar-refractivity contribution in [3.63, 3.8) is 0 Å². The first-order chi connectivity index (χ1) is 16.4. The number of nitrogens with one attached hydrogen (secondary N) is 1. The minimum Gasteiger partial charge on any atom is -0.495 e. The normalized spacial score (nSPS) is 11.2. The number of ether oxygens (including phenoxy) is 1. The molecule has 4 aromatic rings. The summed E-state index contributed by atoms with van der Waals surface area (Å²) in [6.45, 7) is 2.66. The van der Waals surface area contributed by atoms with Crippen molar-refractivity contribution in [2.45, 2.75) is 24.9 Å². The number of aryl methyl sites for hydroxylation is 1. The number of anilines is 1. The minimum absolute atomic E-state index is 0.0193. The Bertz CT molecular complexity index is 1380. The predicted octanol–water partition coefficient (Wildman–Crippen LogP) is 5.30. The average molecular weight is 497 g/mol. The van der Waals surface area contributed by atoms with Gasteiger partial charge in [0, 0.05) is 15.3 Å². The van der Waals surface area contributed by atoms with Crippen LogP contribution in [0.2, 0.25) is 0 Å². The molecular weight excluding hydrogens is 472 g/mol. The number of carbonyl (C=O) groups is 1. The topological polar surface area (TPSA) is 88.8 Å². The summed E-state index contributed by atoms with van der Waals surface area (Å²) in [6.07, 6.45) is 1.56. The molecule has 2 aromatic carbocycles. The van der Waals surface area contributed by atoms with Gasteiger partial charge in [0.25, 0.3) is 15.9 Å². The number of rotatable bonds is 9. The number of carbonyl (C=O) groups excluding carboxylic acids is 1. The second kappa shape index (κ2) is 10.1. The summed E-state index contributed by atoms with van der Waals surface area (Å²) < 4.78 is 39.3. The minimum atomic E-state index is -3.95. The molecule has 0 unspecified atom stereocenters. The van der Waals surface area contributed by atoms with Crippen molar-refractivity contribution in [3.05, 3.63) is 100 Å². The number of sulfonamides is 1. The number of amides is 1. The van der Waals surface area contributed by atoms with Crippen LogP contribution in [-0.4, -0.2) is 26.3 Å². The lowest BCUT2D eigenvalue weighted by atomic mass is 10.2. The fourth-order valence-electron chi connectivity index (χ4n) is 3.46. The van der Waals surface area contributed by atoms with Gasteiger partial charge in [-0.25, -0.2) is 8.42 Å². The van der Waals surface area contributed by atoms with E-state index in [0.29, 0.717) is 23.7 Å². The summed E-state index contributed by atoms with van der Waals surface area (Å²) in [4.78, 5) is 17.3. The highest BCUT2D eigenvalue weighted by Crippen LogP contribution is 2.27. The van der Waals surface area contributed by atoms with Crippen molar-refractivity contribution in [1.29, 1.82) is 0 Å². The van der Waals surface area contributed by atoms with Crippen LogP contribution in [0.3, 0.4) is 0 Å². The highest BCUT2D eigenvalue weighted by atomic mass is 32.2. The van der Waals surface area contributed by atoms with Gasteiger partial charge >= 0.3 is 0 Å². The van der Waals surface area contributed by atoms with E-state index in [2.05, 4.69) is 4.72 Å².